The number of halogens is 1. The first kappa shape index (κ1) is 13.2. The lowest BCUT2D eigenvalue weighted by molar-refractivity contribution is -0.384. The van der Waals surface area contributed by atoms with Crippen LogP contribution in [0.25, 0.3) is 0 Å². The molecule has 2 N–H and O–H groups in total. The van der Waals surface area contributed by atoms with Crippen molar-refractivity contribution in [3.63, 3.8) is 0 Å². The van der Waals surface area contributed by atoms with Crippen LogP contribution < -0.4 is 5.73 Å². The van der Waals surface area contributed by atoms with Gasteiger partial charge in [0, 0.05) is 0 Å². The van der Waals surface area contributed by atoms with E-state index in [2.05, 4.69) is 0 Å². The molecule has 1 rings (SSSR count). The third-order valence-corrected chi connectivity index (χ3v) is 2.42. The molecular formula is C10H11ClN2O4. The molecule has 7 heteroatoms. The fourth-order valence-corrected chi connectivity index (χ4v) is 1.59. The molecule has 0 atom stereocenters. The summed E-state index contributed by atoms with van der Waals surface area (Å²) in [7, 11) is 0. The Morgan fingerprint density at radius 3 is 2.76 bits per heavy atom. The van der Waals surface area contributed by atoms with Gasteiger partial charge in [-0.25, -0.2) is 0 Å². The highest BCUT2D eigenvalue weighted by molar-refractivity contribution is 6.32. The predicted octanol–water partition coefficient (Wildman–Crippen LogP) is 1.94. The standard InChI is InChI=1S/C10H11ClN2O4/c1-2-17-9(14)5-6-7(11)3-4-8(12)10(6)13(15)16/h3-4H,2,5,12H2,1H3. The summed E-state index contributed by atoms with van der Waals surface area (Å²) in [4.78, 5) is 21.5. The van der Waals surface area contributed by atoms with Gasteiger partial charge < -0.3 is 10.5 Å². The number of nitrogens with zero attached hydrogens (tertiary/aromatic N) is 1. The van der Waals surface area contributed by atoms with E-state index in [1.807, 2.05) is 0 Å². The van der Waals surface area contributed by atoms with E-state index < -0.39 is 10.9 Å². The molecule has 0 amide bonds. The van der Waals surface area contributed by atoms with E-state index >= 15 is 0 Å². The highest BCUT2D eigenvalue weighted by Gasteiger charge is 2.23. The number of carbonyl (C=O) groups is 1. The van der Waals surface area contributed by atoms with Crippen molar-refractivity contribution in [3.05, 3.63) is 32.8 Å². The van der Waals surface area contributed by atoms with Gasteiger partial charge in [-0.15, -0.1) is 0 Å². The summed E-state index contributed by atoms with van der Waals surface area (Å²) in [6.45, 7) is 1.85. The Morgan fingerprint density at radius 1 is 1.59 bits per heavy atom. The van der Waals surface area contributed by atoms with Crippen LogP contribution in [0.15, 0.2) is 12.1 Å². The number of ether oxygens (including phenoxy) is 1. The van der Waals surface area contributed by atoms with Crippen LogP contribution in [0.3, 0.4) is 0 Å². The van der Waals surface area contributed by atoms with Crippen molar-refractivity contribution >= 4 is 28.9 Å². The molecule has 0 aliphatic heterocycles. The molecule has 0 fully saturated rings. The highest BCUT2D eigenvalue weighted by Crippen LogP contribution is 2.32. The van der Waals surface area contributed by atoms with Crippen molar-refractivity contribution in [2.75, 3.05) is 12.3 Å². The number of anilines is 1. The molecule has 0 spiro atoms. The topological polar surface area (TPSA) is 95.5 Å². The van der Waals surface area contributed by atoms with Crippen LogP contribution in [0.2, 0.25) is 5.02 Å². The van der Waals surface area contributed by atoms with Crippen LogP contribution in [-0.4, -0.2) is 17.5 Å². The quantitative estimate of drug-likeness (QED) is 0.385. The summed E-state index contributed by atoms with van der Waals surface area (Å²) < 4.78 is 4.71. The van der Waals surface area contributed by atoms with E-state index in [1.165, 1.54) is 12.1 Å². The number of nitro groups is 1. The maximum atomic E-state index is 11.3. The molecule has 0 radical (unpaired) electrons. The summed E-state index contributed by atoms with van der Waals surface area (Å²) in [5, 5.41) is 11.0. The number of benzene rings is 1. The first-order valence-electron chi connectivity index (χ1n) is 4.84. The first-order valence-corrected chi connectivity index (χ1v) is 5.22. The van der Waals surface area contributed by atoms with E-state index in [1.54, 1.807) is 6.92 Å². The van der Waals surface area contributed by atoms with Crippen molar-refractivity contribution in [1.82, 2.24) is 0 Å². The molecule has 0 saturated carbocycles. The summed E-state index contributed by atoms with van der Waals surface area (Å²) >= 11 is 5.82. The van der Waals surface area contributed by atoms with Gasteiger partial charge in [-0.3, -0.25) is 14.9 Å². The maximum absolute atomic E-state index is 11.3. The van der Waals surface area contributed by atoms with Gasteiger partial charge in [0.2, 0.25) is 0 Å². The number of nitrogen functional groups attached to an aromatic ring is 1. The monoisotopic (exact) mass is 258 g/mol. The molecule has 0 aliphatic rings. The lowest BCUT2D eigenvalue weighted by Crippen LogP contribution is -2.10. The van der Waals surface area contributed by atoms with Gasteiger partial charge in [0.25, 0.3) is 5.69 Å². The lowest BCUT2D eigenvalue weighted by Gasteiger charge is -2.07. The maximum Gasteiger partial charge on any atom is 0.310 e. The zero-order valence-corrected chi connectivity index (χ0v) is 9.86. The van der Waals surface area contributed by atoms with E-state index in [-0.39, 0.29) is 35.0 Å². The molecule has 0 bridgehead atoms. The zero-order valence-electron chi connectivity index (χ0n) is 9.10. The number of nitro benzene ring substituents is 1. The van der Waals surface area contributed by atoms with Gasteiger partial charge >= 0.3 is 5.97 Å². The van der Waals surface area contributed by atoms with Gasteiger partial charge in [-0.2, -0.15) is 0 Å². The predicted molar refractivity (Wildman–Crippen MR) is 62.9 cm³/mol. The Hall–Kier alpha value is -1.82. The Kier molecular flexibility index (Phi) is 4.28. The first-order chi connectivity index (χ1) is 7.97. The average molecular weight is 259 g/mol. The average Bonchev–Trinajstić information content (AvgIpc) is 2.23. The zero-order chi connectivity index (χ0) is 13.0. The normalized spacial score (nSPS) is 10.0. The van der Waals surface area contributed by atoms with Crippen molar-refractivity contribution in [1.29, 1.82) is 0 Å². The molecule has 1 aromatic carbocycles. The number of carbonyl (C=O) groups excluding carboxylic acids is 1. The molecule has 6 nitrogen and oxygen atoms in total. The second-order valence-electron chi connectivity index (χ2n) is 3.20. The Morgan fingerprint density at radius 2 is 2.24 bits per heavy atom. The number of esters is 1. The molecule has 0 unspecified atom stereocenters. The minimum Gasteiger partial charge on any atom is -0.466 e. The smallest absolute Gasteiger partial charge is 0.310 e. The van der Waals surface area contributed by atoms with Gasteiger partial charge in [-0.1, -0.05) is 11.6 Å². The molecule has 1 aromatic rings. The van der Waals surface area contributed by atoms with Gasteiger partial charge in [0.05, 0.1) is 28.5 Å². The van der Waals surface area contributed by atoms with Crippen LogP contribution in [0.5, 0.6) is 0 Å². The second kappa shape index (κ2) is 5.49. The molecule has 0 saturated heterocycles. The van der Waals surface area contributed by atoms with E-state index in [0.717, 1.165) is 0 Å². The van der Waals surface area contributed by atoms with Crippen LogP contribution in [0.1, 0.15) is 12.5 Å². The van der Waals surface area contributed by atoms with E-state index in [4.69, 9.17) is 22.1 Å². The van der Waals surface area contributed by atoms with Crippen molar-refractivity contribution < 1.29 is 14.5 Å². The minimum absolute atomic E-state index is 0.0290. The van der Waals surface area contributed by atoms with Crippen molar-refractivity contribution in [3.8, 4) is 0 Å². The minimum atomic E-state index is -0.657. The number of hydrogen-bond acceptors (Lipinski definition) is 5. The summed E-state index contributed by atoms with van der Waals surface area (Å²) in [6.07, 6.45) is -0.270. The largest absolute Gasteiger partial charge is 0.466 e. The summed E-state index contributed by atoms with van der Waals surface area (Å²) in [5.74, 6) is -0.580. The molecule has 17 heavy (non-hydrogen) atoms. The van der Waals surface area contributed by atoms with Crippen LogP contribution >= 0.6 is 11.6 Å². The van der Waals surface area contributed by atoms with Gasteiger partial charge in [0.15, 0.2) is 0 Å². The van der Waals surface area contributed by atoms with Crippen LogP contribution in [-0.2, 0) is 16.0 Å². The third kappa shape index (κ3) is 3.07. The van der Waals surface area contributed by atoms with Crippen molar-refractivity contribution in [2.45, 2.75) is 13.3 Å². The Balaban J connectivity index is 3.16. The van der Waals surface area contributed by atoms with Crippen molar-refractivity contribution in [2.24, 2.45) is 0 Å². The SMILES string of the molecule is CCOC(=O)Cc1c(Cl)ccc(N)c1[N+](=O)[O-]. The Bertz CT molecular complexity index is 462. The summed E-state index contributed by atoms with van der Waals surface area (Å²) in [5.41, 5.74) is 5.20. The fourth-order valence-electron chi connectivity index (χ4n) is 1.37. The van der Waals surface area contributed by atoms with Crippen LogP contribution in [0, 0.1) is 10.1 Å². The molecule has 92 valence electrons. The lowest BCUT2D eigenvalue weighted by atomic mass is 10.1. The Labute approximate surface area is 102 Å². The third-order valence-electron chi connectivity index (χ3n) is 2.07. The number of rotatable bonds is 4. The van der Waals surface area contributed by atoms with Crippen LogP contribution in [0.4, 0.5) is 11.4 Å². The van der Waals surface area contributed by atoms with Gasteiger partial charge in [-0.05, 0) is 19.1 Å². The molecule has 0 aliphatic carbocycles. The summed E-state index contributed by atoms with van der Waals surface area (Å²) in [6, 6.07) is 2.74. The number of hydrogen-bond donors (Lipinski definition) is 1. The fraction of sp³-hybridized carbons (Fsp3) is 0.300. The van der Waals surface area contributed by atoms with E-state index in [9.17, 15) is 14.9 Å². The van der Waals surface area contributed by atoms with E-state index in [0.29, 0.717) is 0 Å². The molecular weight excluding hydrogens is 248 g/mol. The van der Waals surface area contributed by atoms with Gasteiger partial charge in [0.1, 0.15) is 5.69 Å². The molecule has 0 heterocycles. The highest BCUT2D eigenvalue weighted by atomic mass is 35.5. The second-order valence-corrected chi connectivity index (χ2v) is 3.61. The number of nitrogens with two attached hydrogens (primary N) is 1. The molecule has 0 aromatic heterocycles.